The summed E-state index contributed by atoms with van der Waals surface area (Å²) in [6.45, 7) is 7.40. The van der Waals surface area contributed by atoms with Crippen LogP contribution in [0.5, 0.6) is 5.88 Å². The number of nitrogens with zero attached hydrogens (tertiary/aromatic N) is 3. The van der Waals surface area contributed by atoms with E-state index in [4.69, 9.17) is 9.15 Å². The Bertz CT molecular complexity index is 771. The number of nitrogens with one attached hydrogen (secondary N) is 2. The standard InChI is InChI=1S/C21H31N5O2/c1-21(2,3)17-13-24-19(28-17)14-26-20(22-4)25-12-15-9-10-18(23-11-15)27-16-7-5-6-8-16/h9-11,13,16H,5-8,12,14H2,1-4H3,(H2,22,25,26). The van der Waals surface area contributed by atoms with Crippen molar-refractivity contribution in [2.75, 3.05) is 7.05 Å². The molecule has 2 aromatic rings. The maximum Gasteiger partial charge on any atom is 0.213 e. The Balaban J connectivity index is 1.45. The van der Waals surface area contributed by atoms with Crippen LogP contribution in [0.3, 0.4) is 0 Å². The minimum absolute atomic E-state index is 0.0498. The number of aliphatic imine (C=N–C) groups is 1. The molecule has 7 heteroatoms. The number of pyridine rings is 1. The van der Waals surface area contributed by atoms with Crippen LogP contribution < -0.4 is 15.4 Å². The average Bonchev–Trinajstić information content (AvgIpc) is 3.35. The van der Waals surface area contributed by atoms with Crippen molar-refractivity contribution in [1.82, 2.24) is 20.6 Å². The fraction of sp³-hybridized carbons (Fsp3) is 0.571. The van der Waals surface area contributed by atoms with Gasteiger partial charge in [-0.15, -0.1) is 0 Å². The lowest BCUT2D eigenvalue weighted by atomic mass is 9.94. The molecule has 2 aromatic heterocycles. The summed E-state index contributed by atoms with van der Waals surface area (Å²) in [6, 6.07) is 3.97. The van der Waals surface area contributed by atoms with Crippen LogP contribution in [-0.4, -0.2) is 29.1 Å². The van der Waals surface area contributed by atoms with Gasteiger partial charge in [0.1, 0.15) is 11.9 Å². The van der Waals surface area contributed by atoms with Gasteiger partial charge in [0.15, 0.2) is 5.96 Å². The minimum Gasteiger partial charge on any atom is -0.474 e. The maximum atomic E-state index is 5.91. The van der Waals surface area contributed by atoms with Gasteiger partial charge in [0.25, 0.3) is 0 Å². The molecule has 0 radical (unpaired) electrons. The number of hydrogen-bond donors (Lipinski definition) is 2. The molecule has 2 N–H and O–H groups in total. The van der Waals surface area contributed by atoms with Crippen molar-refractivity contribution in [2.45, 2.75) is 71.1 Å². The quantitative estimate of drug-likeness (QED) is 0.584. The summed E-state index contributed by atoms with van der Waals surface area (Å²) in [5.74, 6) is 2.90. The Labute approximate surface area is 167 Å². The summed E-state index contributed by atoms with van der Waals surface area (Å²) in [4.78, 5) is 13.0. The molecule has 2 heterocycles. The highest BCUT2D eigenvalue weighted by molar-refractivity contribution is 5.79. The molecule has 28 heavy (non-hydrogen) atoms. The van der Waals surface area contributed by atoms with Gasteiger partial charge in [-0.3, -0.25) is 4.99 Å². The summed E-state index contributed by atoms with van der Waals surface area (Å²) >= 11 is 0. The van der Waals surface area contributed by atoms with Gasteiger partial charge in [0.05, 0.1) is 12.7 Å². The zero-order valence-electron chi connectivity index (χ0n) is 17.3. The summed E-state index contributed by atoms with van der Waals surface area (Å²) in [5, 5.41) is 6.49. The third-order valence-corrected chi connectivity index (χ3v) is 4.77. The van der Waals surface area contributed by atoms with Gasteiger partial charge in [0, 0.05) is 31.3 Å². The molecule has 0 unspecified atom stereocenters. The van der Waals surface area contributed by atoms with Gasteiger partial charge in [-0.05, 0) is 31.2 Å². The van der Waals surface area contributed by atoms with E-state index in [2.05, 4.69) is 46.4 Å². The number of aromatic nitrogens is 2. The summed E-state index contributed by atoms with van der Waals surface area (Å²) < 4.78 is 11.7. The largest absolute Gasteiger partial charge is 0.474 e. The minimum atomic E-state index is -0.0498. The van der Waals surface area contributed by atoms with Gasteiger partial charge in [0.2, 0.25) is 11.8 Å². The molecule has 0 saturated heterocycles. The van der Waals surface area contributed by atoms with Crippen molar-refractivity contribution < 1.29 is 9.15 Å². The molecule has 0 atom stereocenters. The monoisotopic (exact) mass is 385 g/mol. The Morgan fingerprint density at radius 2 is 1.89 bits per heavy atom. The molecule has 1 fully saturated rings. The number of rotatable bonds is 6. The second kappa shape index (κ2) is 9.08. The second-order valence-corrected chi connectivity index (χ2v) is 8.18. The van der Waals surface area contributed by atoms with Crippen LogP contribution in [0.15, 0.2) is 33.9 Å². The first-order valence-corrected chi connectivity index (χ1v) is 9.95. The summed E-state index contributed by atoms with van der Waals surface area (Å²) in [7, 11) is 1.74. The molecular formula is C21H31N5O2. The highest BCUT2D eigenvalue weighted by atomic mass is 16.5. The van der Waals surface area contributed by atoms with Crippen molar-refractivity contribution in [3.63, 3.8) is 0 Å². The van der Waals surface area contributed by atoms with Crippen LogP contribution in [-0.2, 0) is 18.5 Å². The lowest BCUT2D eigenvalue weighted by molar-refractivity contribution is 0.201. The van der Waals surface area contributed by atoms with Crippen molar-refractivity contribution in [2.24, 2.45) is 4.99 Å². The predicted molar refractivity (Wildman–Crippen MR) is 109 cm³/mol. The van der Waals surface area contributed by atoms with Gasteiger partial charge >= 0.3 is 0 Å². The molecule has 7 nitrogen and oxygen atoms in total. The Hall–Kier alpha value is -2.57. The van der Waals surface area contributed by atoms with E-state index in [0.717, 1.165) is 24.2 Å². The van der Waals surface area contributed by atoms with E-state index in [1.165, 1.54) is 12.8 Å². The Morgan fingerprint density at radius 3 is 2.50 bits per heavy atom. The molecule has 0 aliphatic heterocycles. The third-order valence-electron chi connectivity index (χ3n) is 4.77. The van der Waals surface area contributed by atoms with Crippen molar-refractivity contribution in [1.29, 1.82) is 0 Å². The fourth-order valence-corrected chi connectivity index (χ4v) is 3.07. The zero-order valence-corrected chi connectivity index (χ0v) is 17.3. The summed E-state index contributed by atoms with van der Waals surface area (Å²) in [5.41, 5.74) is 1.01. The third kappa shape index (κ3) is 5.71. The van der Waals surface area contributed by atoms with Gasteiger partial charge in [-0.25, -0.2) is 9.97 Å². The maximum absolute atomic E-state index is 5.91. The van der Waals surface area contributed by atoms with Crippen LogP contribution in [0.1, 0.15) is 63.7 Å². The predicted octanol–water partition coefficient (Wildman–Crippen LogP) is 3.55. The Kier molecular flexibility index (Phi) is 6.54. The Morgan fingerprint density at radius 1 is 1.14 bits per heavy atom. The highest BCUT2D eigenvalue weighted by Crippen LogP contribution is 2.23. The number of guanidine groups is 1. The molecular weight excluding hydrogens is 354 g/mol. The van der Waals surface area contributed by atoms with E-state index in [1.807, 2.05) is 18.3 Å². The van der Waals surface area contributed by atoms with E-state index in [1.54, 1.807) is 13.2 Å². The van der Waals surface area contributed by atoms with Crippen LogP contribution in [0, 0.1) is 0 Å². The van der Waals surface area contributed by atoms with Gasteiger partial charge in [-0.2, -0.15) is 0 Å². The van der Waals surface area contributed by atoms with Crippen LogP contribution in [0.2, 0.25) is 0 Å². The lowest BCUT2D eigenvalue weighted by Crippen LogP contribution is -2.36. The molecule has 0 spiro atoms. The highest BCUT2D eigenvalue weighted by Gasteiger charge is 2.19. The zero-order chi connectivity index (χ0) is 20.0. The topological polar surface area (TPSA) is 84.6 Å². The first-order chi connectivity index (χ1) is 13.4. The average molecular weight is 386 g/mol. The molecule has 1 saturated carbocycles. The van der Waals surface area contributed by atoms with Gasteiger partial charge in [-0.1, -0.05) is 26.8 Å². The van der Waals surface area contributed by atoms with Gasteiger partial charge < -0.3 is 19.8 Å². The first kappa shape index (κ1) is 20.2. The SMILES string of the molecule is CN=C(NCc1ccc(OC2CCCC2)nc1)NCc1ncc(C(C)(C)C)o1. The first-order valence-electron chi connectivity index (χ1n) is 9.95. The molecule has 0 bridgehead atoms. The van der Waals surface area contributed by atoms with E-state index < -0.39 is 0 Å². The number of ether oxygens (including phenoxy) is 1. The molecule has 1 aliphatic carbocycles. The van der Waals surface area contributed by atoms with Crippen molar-refractivity contribution >= 4 is 5.96 Å². The molecule has 0 aromatic carbocycles. The second-order valence-electron chi connectivity index (χ2n) is 8.18. The van der Waals surface area contributed by atoms with Crippen molar-refractivity contribution in [3.8, 4) is 5.88 Å². The van der Waals surface area contributed by atoms with E-state index in [0.29, 0.717) is 36.9 Å². The van der Waals surface area contributed by atoms with E-state index in [-0.39, 0.29) is 5.41 Å². The number of oxazole rings is 1. The smallest absolute Gasteiger partial charge is 0.213 e. The van der Waals surface area contributed by atoms with E-state index >= 15 is 0 Å². The molecule has 1 aliphatic rings. The van der Waals surface area contributed by atoms with Crippen molar-refractivity contribution in [3.05, 3.63) is 41.7 Å². The number of hydrogen-bond acceptors (Lipinski definition) is 5. The normalized spacial score (nSPS) is 15.6. The van der Waals surface area contributed by atoms with Crippen LogP contribution in [0.4, 0.5) is 0 Å². The molecule has 3 rings (SSSR count). The molecule has 0 amide bonds. The van der Waals surface area contributed by atoms with E-state index in [9.17, 15) is 0 Å². The van der Waals surface area contributed by atoms with Crippen LogP contribution in [0.25, 0.3) is 0 Å². The van der Waals surface area contributed by atoms with Crippen LogP contribution >= 0.6 is 0 Å². The summed E-state index contributed by atoms with van der Waals surface area (Å²) in [6.07, 6.45) is 8.73. The lowest BCUT2D eigenvalue weighted by Gasteiger charge is -2.14. The fourth-order valence-electron chi connectivity index (χ4n) is 3.07. The molecule has 152 valence electrons.